The van der Waals surface area contributed by atoms with Crippen LogP contribution in [0.25, 0.3) is 10.2 Å². The van der Waals surface area contributed by atoms with Crippen LogP contribution < -0.4 is 5.73 Å². The Kier molecular flexibility index (Phi) is 4.88. The van der Waals surface area contributed by atoms with Crippen molar-refractivity contribution < 1.29 is 4.79 Å². The molecule has 0 saturated heterocycles. The van der Waals surface area contributed by atoms with E-state index in [2.05, 4.69) is 18.2 Å². The summed E-state index contributed by atoms with van der Waals surface area (Å²) in [6, 6.07) is 4.00. The van der Waals surface area contributed by atoms with E-state index in [0.717, 1.165) is 22.4 Å². The van der Waals surface area contributed by atoms with E-state index in [9.17, 15) is 4.79 Å². The molecule has 2 rings (SSSR count). The van der Waals surface area contributed by atoms with Gasteiger partial charge in [0.05, 0.1) is 10.4 Å². The highest BCUT2D eigenvalue weighted by Crippen LogP contribution is 2.32. The van der Waals surface area contributed by atoms with Gasteiger partial charge >= 0.3 is 0 Å². The van der Waals surface area contributed by atoms with Crippen LogP contribution in [0.3, 0.4) is 0 Å². The van der Waals surface area contributed by atoms with Gasteiger partial charge in [-0.25, -0.2) is 0 Å². The van der Waals surface area contributed by atoms with Crippen LogP contribution in [0.5, 0.6) is 0 Å². The molecule has 0 aromatic carbocycles. The highest BCUT2D eigenvalue weighted by Gasteiger charge is 2.23. The number of thiophene rings is 1. The van der Waals surface area contributed by atoms with Crippen LogP contribution >= 0.6 is 23.1 Å². The van der Waals surface area contributed by atoms with E-state index in [1.807, 2.05) is 19.2 Å². The van der Waals surface area contributed by atoms with Gasteiger partial charge in [-0.15, -0.1) is 11.3 Å². The van der Waals surface area contributed by atoms with Gasteiger partial charge in [-0.2, -0.15) is 11.8 Å². The van der Waals surface area contributed by atoms with Crippen molar-refractivity contribution in [3.05, 3.63) is 23.2 Å². The summed E-state index contributed by atoms with van der Waals surface area (Å²) < 4.78 is 0.957. The van der Waals surface area contributed by atoms with Gasteiger partial charge in [0.25, 0.3) is 5.91 Å². The summed E-state index contributed by atoms with van der Waals surface area (Å²) >= 11 is 3.21. The number of pyridine rings is 1. The number of nitrogens with two attached hydrogens (primary N) is 1. The van der Waals surface area contributed by atoms with Crippen LogP contribution in [-0.2, 0) is 0 Å². The van der Waals surface area contributed by atoms with Gasteiger partial charge in [0.15, 0.2) is 0 Å². The quantitative estimate of drug-likeness (QED) is 0.922. The van der Waals surface area contributed by atoms with Crippen LogP contribution in [0.4, 0.5) is 5.69 Å². The van der Waals surface area contributed by atoms with Crippen molar-refractivity contribution in [3.63, 3.8) is 0 Å². The van der Waals surface area contributed by atoms with Crippen molar-refractivity contribution in [2.24, 2.45) is 0 Å². The first-order valence-electron chi connectivity index (χ1n) is 6.45. The van der Waals surface area contributed by atoms with Crippen molar-refractivity contribution >= 4 is 44.9 Å². The summed E-state index contributed by atoms with van der Waals surface area (Å²) in [4.78, 5) is 19.2. The number of rotatable bonds is 5. The molecule has 0 aliphatic rings. The van der Waals surface area contributed by atoms with Gasteiger partial charge in [-0.05, 0) is 37.5 Å². The molecular formula is C14H19N3OS2. The van der Waals surface area contributed by atoms with Crippen LogP contribution in [0.1, 0.15) is 23.0 Å². The molecule has 2 aromatic heterocycles. The second kappa shape index (κ2) is 6.45. The molecule has 4 nitrogen and oxygen atoms in total. The molecule has 2 aromatic rings. The molecule has 6 heteroatoms. The minimum Gasteiger partial charge on any atom is -0.396 e. The van der Waals surface area contributed by atoms with Crippen molar-refractivity contribution in [2.75, 3.05) is 24.8 Å². The van der Waals surface area contributed by atoms with Crippen LogP contribution in [0.2, 0.25) is 0 Å². The highest BCUT2D eigenvalue weighted by atomic mass is 32.2. The molecule has 0 bridgehead atoms. The molecule has 1 amide bonds. The number of carbonyl (C=O) groups is 1. The summed E-state index contributed by atoms with van der Waals surface area (Å²) in [6.07, 6.45) is 4.75. The van der Waals surface area contributed by atoms with Gasteiger partial charge < -0.3 is 10.6 Å². The lowest BCUT2D eigenvalue weighted by molar-refractivity contribution is 0.0747. The largest absolute Gasteiger partial charge is 0.396 e. The maximum atomic E-state index is 12.6. The number of aromatic nitrogens is 1. The third kappa shape index (κ3) is 2.91. The van der Waals surface area contributed by atoms with E-state index in [4.69, 9.17) is 5.73 Å². The fraction of sp³-hybridized carbons (Fsp3) is 0.429. The van der Waals surface area contributed by atoms with Gasteiger partial charge in [0, 0.05) is 19.3 Å². The zero-order valence-electron chi connectivity index (χ0n) is 11.9. The molecule has 0 fully saturated rings. The Morgan fingerprint density at radius 2 is 2.35 bits per heavy atom. The van der Waals surface area contributed by atoms with Crippen LogP contribution in [0, 0.1) is 0 Å². The summed E-state index contributed by atoms with van der Waals surface area (Å²) in [6.45, 7) is 2.07. The number of hydrogen-bond donors (Lipinski definition) is 1. The molecule has 0 aliphatic heterocycles. The predicted octanol–water partition coefficient (Wildman–Crippen LogP) is 3.09. The molecule has 2 N–H and O–H groups in total. The number of thioether (sulfide) groups is 1. The normalized spacial score (nSPS) is 12.6. The number of anilines is 1. The van der Waals surface area contributed by atoms with E-state index < -0.39 is 0 Å². The minimum atomic E-state index is -0.0147. The number of nitrogen functional groups attached to an aromatic ring is 1. The molecule has 0 radical (unpaired) electrons. The summed E-state index contributed by atoms with van der Waals surface area (Å²) in [7, 11) is 1.84. The van der Waals surface area contributed by atoms with Crippen molar-refractivity contribution in [1.29, 1.82) is 0 Å². The lowest BCUT2D eigenvalue weighted by atomic mass is 10.2. The zero-order chi connectivity index (χ0) is 14.7. The van der Waals surface area contributed by atoms with E-state index >= 15 is 0 Å². The van der Waals surface area contributed by atoms with Crippen LogP contribution in [0.15, 0.2) is 18.3 Å². The maximum absolute atomic E-state index is 12.6. The second-order valence-corrected chi connectivity index (χ2v) is 6.78. The summed E-state index contributed by atoms with van der Waals surface area (Å²) in [5.41, 5.74) is 7.30. The Morgan fingerprint density at radius 1 is 1.60 bits per heavy atom. The second-order valence-electron chi connectivity index (χ2n) is 4.74. The number of hydrogen-bond acceptors (Lipinski definition) is 5. The first kappa shape index (κ1) is 15.1. The first-order chi connectivity index (χ1) is 9.56. The standard InChI is InChI=1S/C14H19N3OS2/c1-9(6-8-19-3)17(2)14(18)13-11(15)12-10(20-13)5-4-7-16-12/h4-5,7,9H,6,8,15H2,1-3H3. The van der Waals surface area contributed by atoms with E-state index in [1.165, 1.54) is 11.3 Å². The number of amides is 1. The van der Waals surface area contributed by atoms with Gasteiger partial charge in [0.1, 0.15) is 10.4 Å². The average molecular weight is 309 g/mol. The molecule has 1 unspecified atom stereocenters. The minimum absolute atomic E-state index is 0.0147. The molecule has 2 heterocycles. The third-order valence-corrected chi connectivity index (χ3v) is 5.19. The first-order valence-corrected chi connectivity index (χ1v) is 8.66. The maximum Gasteiger partial charge on any atom is 0.266 e. The molecule has 0 aliphatic carbocycles. The lowest BCUT2D eigenvalue weighted by Gasteiger charge is -2.24. The van der Waals surface area contributed by atoms with Gasteiger partial charge in [-0.1, -0.05) is 0 Å². The predicted molar refractivity (Wildman–Crippen MR) is 88.6 cm³/mol. The van der Waals surface area contributed by atoms with Crippen molar-refractivity contribution in [2.45, 2.75) is 19.4 Å². The highest BCUT2D eigenvalue weighted by molar-refractivity contribution is 7.98. The topological polar surface area (TPSA) is 59.2 Å². The molecule has 0 spiro atoms. The molecule has 1 atom stereocenters. The number of nitrogens with zero attached hydrogens (tertiary/aromatic N) is 2. The molecule has 0 saturated carbocycles. The fourth-order valence-electron chi connectivity index (χ4n) is 1.95. The van der Waals surface area contributed by atoms with Crippen LogP contribution in [-0.4, -0.2) is 40.9 Å². The molecule has 108 valence electrons. The smallest absolute Gasteiger partial charge is 0.266 e. The monoisotopic (exact) mass is 309 g/mol. The van der Waals surface area contributed by atoms with Crippen molar-refractivity contribution in [3.8, 4) is 0 Å². The Labute approximate surface area is 127 Å². The molecular weight excluding hydrogens is 290 g/mol. The van der Waals surface area contributed by atoms with E-state index in [1.54, 1.807) is 22.9 Å². The Hall–Kier alpha value is -1.27. The van der Waals surface area contributed by atoms with Gasteiger partial charge in [0.2, 0.25) is 0 Å². The fourth-order valence-corrected chi connectivity index (χ4v) is 3.59. The Balaban J connectivity index is 2.24. The van der Waals surface area contributed by atoms with E-state index in [0.29, 0.717) is 10.6 Å². The zero-order valence-corrected chi connectivity index (χ0v) is 13.6. The Morgan fingerprint density at radius 3 is 3.00 bits per heavy atom. The third-order valence-electron chi connectivity index (χ3n) is 3.40. The van der Waals surface area contributed by atoms with Crippen molar-refractivity contribution in [1.82, 2.24) is 9.88 Å². The number of carbonyl (C=O) groups excluding carboxylic acids is 1. The number of fused-ring (bicyclic) bond motifs is 1. The molecule has 20 heavy (non-hydrogen) atoms. The SMILES string of the molecule is CSCCC(C)N(C)C(=O)c1sc2cccnc2c1N. The van der Waals surface area contributed by atoms with E-state index in [-0.39, 0.29) is 11.9 Å². The Bertz CT molecular complexity index is 611. The van der Waals surface area contributed by atoms with Gasteiger partial charge in [-0.3, -0.25) is 9.78 Å². The summed E-state index contributed by atoms with van der Waals surface area (Å²) in [5, 5.41) is 0. The lowest BCUT2D eigenvalue weighted by Crippen LogP contribution is -2.35. The average Bonchev–Trinajstić information content (AvgIpc) is 2.81. The summed E-state index contributed by atoms with van der Waals surface area (Å²) in [5.74, 6) is 1.03.